The maximum Gasteiger partial charge on any atom is 0.374 e. The number of furan rings is 1. The van der Waals surface area contributed by atoms with Crippen molar-refractivity contribution in [3.63, 3.8) is 0 Å². The second kappa shape index (κ2) is 6.42. The van der Waals surface area contributed by atoms with Crippen molar-refractivity contribution in [3.05, 3.63) is 23.7 Å². The van der Waals surface area contributed by atoms with Crippen LogP contribution < -0.4 is 5.32 Å². The first-order chi connectivity index (χ1) is 8.10. The molecule has 0 fully saturated rings. The quantitative estimate of drug-likeness (QED) is 0.731. The Balaban J connectivity index is 2.63. The summed E-state index contributed by atoms with van der Waals surface area (Å²) in [5.74, 6) is 0.0332. The topological polar surface area (TPSA) is 71.7 Å². The van der Waals surface area contributed by atoms with Gasteiger partial charge in [-0.25, -0.2) is 4.79 Å². The minimum atomic E-state index is -0.489. The summed E-state index contributed by atoms with van der Waals surface area (Å²) in [5.41, 5.74) is 0.732. The van der Waals surface area contributed by atoms with E-state index in [0.717, 1.165) is 5.56 Å². The zero-order valence-corrected chi connectivity index (χ0v) is 10.4. The van der Waals surface area contributed by atoms with Crippen LogP contribution in [0.2, 0.25) is 0 Å². The summed E-state index contributed by atoms with van der Waals surface area (Å²) < 4.78 is 9.67. The van der Waals surface area contributed by atoms with Crippen LogP contribution in [0.25, 0.3) is 0 Å². The standard InChI is InChI=1S/C12H19NO4/c1-8(2)10(7-14)13-6-9-4-5-17-11(9)12(15)16-3/h4-5,8,10,13-14H,6-7H2,1-3H3/t10-/m1/s1. The lowest BCUT2D eigenvalue weighted by Gasteiger charge is -2.19. The van der Waals surface area contributed by atoms with Crippen LogP contribution in [0.1, 0.15) is 30.0 Å². The number of nitrogens with one attached hydrogen (secondary N) is 1. The molecule has 1 atom stereocenters. The molecule has 0 aliphatic rings. The normalized spacial score (nSPS) is 12.8. The molecule has 0 amide bonds. The van der Waals surface area contributed by atoms with Gasteiger partial charge < -0.3 is 19.6 Å². The summed E-state index contributed by atoms with van der Waals surface area (Å²) in [6.45, 7) is 4.56. The molecule has 1 rings (SSSR count). The van der Waals surface area contributed by atoms with E-state index in [9.17, 15) is 9.90 Å². The molecular weight excluding hydrogens is 222 g/mol. The molecule has 0 saturated heterocycles. The molecule has 96 valence electrons. The van der Waals surface area contributed by atoms with Gasteiger partial charge in [-0.15, -0.1) is 0 Å². The van der Waals surface area contributed by atoms with Gasteiger partial charge in [0.1, 0.15) is 0 Å². The van der Waals surface area contributed by atoms with E-state index in [1.165, 1.54) is 13.4 Å². The number of hydrogen-bond acceptors (Lipinski definition) is 5. The van der Waals surface area contributed by atoms with Gasteiger partial charge in [-0.1, -0.05) is 13.8 Å². The molecule has 2 N–H and O–H groups in total. The van der Waals surface area contributed by atoms with Crippen molar-refractivity contribution in [1.82, 2.24) is 5.32 Å². The summed E-state index contributed by atoms with van der Waals surface area (Å²) in [5, 5.41) is 12.3. The molecule has 0 spiro atoms. The van der Waals surface area contributed by atoms with Gasteiger partial charge in [-0.05, 0) is 12.0 Å². The Labute approximate surface area is 101 Å². The Morgan fingerprint density at radius 2 is 2.29 bits per heavy atom. The second-order valence-corrected chi connectivity index (χ2v) is 4.18. The van der Waals surface area contributed by atoms with E-state index in [1.807, 2.05) is 13.8 Å². The zero-order chi connectivity index (χ0) is 12.8. The van der Waals surface area contributed by atoms with Gasteiger partial charge in [0.25, 0.3) is 0 Å². The Hall–Kier alpha value is -1.33. The molecule has 0 saturated carbocycles. The molecule has 0 radical (unpaired) electrons. The number of carbonyl (C=O) groups excluding carboxylic acids is 1. The third-order valence-electron chi connectivity index (χ3n) is 2.67. The third kappa shape index (κ3) is 3.57. The number of rotatable bonds is 6. The van der Waals surface area contributed by atoms with Crippen molar-refractivity contribution in [2.24, 2.45) is 5.92 Å². The fraction of sp³-hybridized carbons (Fsp3) is 0.583. The minimum Gasteiger partial charge on any atom is -0.463 e. The number of aliphatic hydroxyl groups is 1. The molecule has 0 aliphatic heterocycles. The van der Waals surface area contributed by atoms with E-state index in [4.69, 9.17) is 4.42 Å². The highest BCUT2D eigenvalue weighted by atomic mass is 16.5. The van der Waals surface area contributed by atoms with Crippen LogP contribution in [0.15, 0.2) is 16.7 Å². The third-order valence-corrected chi connectivity index (χ3v) is 2.67. The number of carbonyl (C=O) groups is 1. The van der Waals surface area contributed by atoms with Crippen LogP contribution >= 0.6 is 0 Å². The first-order valence-corrected chi connectivity index (χ1v) is 5.59. The largest absolute Gasteiger partial charge is 0.463 e. The van der Waals surface area contributed by atoms with Gasteiger partial charge in [0.05, 0.1) is 20.0 Å². The lowest BCUT2D eigenvalue weighted by molar-refractivity contribution is 0.0563. The summed E-state index contributed by atoms with van der Waals surface area (Å²) in [4.78, 5) is 11.4. The molecule has 17 heavy (non-hydrogen) atoms. The average Bonchev–Trinajstić information content (AvgIpc) is 2.76. The first-order valence-electron chi connectivity index (χ1n) is 5.59. The molecule has 1 aromatic heterocycles. The molecule has 0 unspecified atom stereocenters. The smallest absolute Gasteiger partial charge is 0.374 e. The molecule has 0 aromatic carbocycles. The number of esters is 1. The monoisotopic (exact) mass is 241 g/mol. The maximum atomic E-state index is 11.4. The van der Waals surface area contributed by atoms with Gasteiger partial charge in [0, 0.05) is 18.2 Å². The van der Waals surface area contributed by atoms with Crippen LogP contribution in [0.5, 0.6) is 0 Å². The summed E-state index contributed by atoms with van der Waals surface area (Å²) >= 11 is 0. The summed E-state index contributed by atoms with van der Waals surface area (Å²) in [6.07, 6.45) is 1.45. The Morgan fingerprint density at radius 3 is 2.82 bits per heavy atom. The van der Waals surface area contributed by atoms with Crippen molar-refractivity contribution in [1.29, 1.82) is 0 Å². The van der Waals surface area contributed by atoms with Crippen molar-refractivity contribution in [3.8, 4) is 0 Å². The fourth-order valence-corrected chi connectivity index (χ4v) is 1.50. The minimum absolute atomic E-state index is 0.00426. The van der Waals surface area contributed by atoms with Gasteiger partial charge >= 0.3 is 5.97 Å². The second-order valence-electron chi connectivity index (χ2n) is 4.18. The molecule has 0 bridgehead atoms. The number of aliphatic hydroxyl groups excluding tert-OH is 1. The highest BCUT2D eigenvalue weighted by Gasteiger charge is 2.17. The molecule has 5 nitrogen and oxygen atoms in total. The van der Waals surface area contributed by atoms with E-state index >= 15 is 0 Å². The van der Waals surface area contributed by atoms with Crippen LogP contribution in [-0.2, 0) is 11.3 Å². The Bertz CT molecular complexity index is 359. The van der Waals surface area contributed by atoms with Crippen LogP contribution in [0.4, 0.5) is 0 Å². The van der Waals surface area contributed by atoms with Crippen molar-refractivity contribution in [2.75, 3.05) is 13.7 Å². The fourth-order valence-electron chi connectivity index (χ4n) is 1.50. The van der Waals surface area contributed by atoms with E-state index in [-0.39, 0.29) is 18.4 Å². The van der Waals surface area contributed by atoms with Crippen molar-refractivity contribution in [2.45, 2.75) is 26.4 Å². The van der Waals surface area contributed by atoms with E-state index in [2.05, 4.69) is 10.1 Å². The van der Waals surface area contributed by atoms with E-state index < -0.39 is 5.97 Å². The molecule has 0 aliphatic carbocycles. The number of methoxy groups -OCH3 is 1. The molecule has 1 heterocycles. The molecular formula is C12H19NO4. The Morgan fingerprint density at radius 1 is 1.59 bits per heavy atom. The average molecular weight is 241 g/mol. The predicted molar refractivity (Wildman–Crippen MR) is 62.6 cm³/mol. The highest BCUT2D eigenvalue weighted by Crippen LogP contribution is 2.12. The lowest BCUT2D eigenvalue weighted by Crippen LogP contribution is -2.36. The summed E-state index contributed by atoms with van der Waals surface area (Å²) in [6, 6.07) is 1.71. The van der Waals surface area contributed by atoms with Crippen LogP contribution in [0.3, 0.4) is 0 Å². The van der Waals surface area contributed by atoms with Gasteiger partial charge in [0.15, 0.2) is 0 Å². The number of hydrogen-bond donors (Lipinski definition) is 2. The van der Waals surface area contributed by atoms with Crippen molar-refractivity contribution < 1.29 is 19.1 Å². The Kier molecular flexibility index (Phi) is 5.18. The van der Waals surface area contributed by atoms with Crippen molar-refractivity contribution >= 4 is 5.97 Å². The molecule has 5 heteroatoms. The molecule has 1 aromatic rings. The SMILES string of the molecule is COC(=O)c1occc1CN[C@H](CO)C(C)C. The van der Waals surface area contributed by atoms with Gasteiger partial charge in [-0.2, -0.15) is 0 Å². The van der Waals surface area contributed by atoms with E-state index in [0.29, 0.717) is 12.5 Å². The lowest BCUT2D eigenvalue weighted by atomic mass is 10.1. The number of ether oxygens (including phenoxy) is 1. The van der Waals surface area contributed by atoms with E-state index in [1.54, 1.807) is 6.07 Å². The van der Waals surface area contributed by atoms with Gasteiger partial charge in [0.2, 0.25) is 5.76 Å². The van der Waals surface area contributed by atoms with Crippen LogP contribution in [-0.4, -0.2) is 30.8 Å². The predicted octanol–water partition coefficient (Wildman–Crippen LogP) is 1.17. The maximum absolute atomic E-state index is 11.4. The summed E-state index contributed by atoms with van der Waals surface area (Å²) in [7, 11) is 1.31. The highest BCUT2D eigenvalue weighted by molar-refractivity contribution is 5.87. The van der Waals surface area contributed by atoms with Gasteiger partial charge in [-0.3, -0.25) is 0 Å². The van der Waals surface area contributed by atoms with Crippen LogP contribution in [0, 0.1) is 5.92 Å². The first kappa shape index (κ1) is 13.7. The zero-order valence-electron chi connectivity index (χ0n) is 10.4.